The lowest BCUT2D eigenvalue weighted by Gasteiger charge is -2.50. The maximum absolute atomic E-state index is 12.9. The molecule has 0 unspecified atom stereocenters. The van der Waals surface area contributed by atoms with Gasteiger partial charge in [0.15, 0.2) is 11.5 Å². The molecule has 33 heavy (non-hydrogen) atoms. The molecule has 0 bridgehead atoms. The number of hydrogen-bond donors (Lipinski definition) is 0. The number of benzene rings is 1. The quantitative estimate of drug-likeness (QED) is 0.511. The van der Waals surface area contributed by atoms with E-state index in [4.69, 9.17) is 14.2 Å². The molecule has 6 heteroatoms. The highest BCUT2D eigenvalue weighted by Crippen LogP contribution is 2.57. The van der Waals surface area contributed by atoms with Gasteiger partial charge in [-0.3, -0.25) is 14.6 Å². The molecule has 5 atom stereocenters. The van der Waals surface area contributed by atoms with Gasteiger partial charge in [0.2, 0.25) is 6.79 Å². The molecule has 0 N–H and O–H groups in total. The lowest BCUT2D eigenvalue weighted by molar-refractivity contribution is -0.146. The lowest BCUT2D eigenvalue weighted by Crippen LogP contribution is -2.49. The first kappa shape index (κ1) is 21.5. The summed E-state index contributed by atoms with van der Waals surface area (Å²) in [6.07, 6.45) is 5.85. The van der Waals surface area contributed by atoms with Crippen LogP contribution in [0.2, 0.25) is 0 Å². The van der Waals surface area contributed by atoms with Crippen molar-refractivity contribution in [1.29, 1.82) is 0 Å². The molecular formula is C27H36N2O4. The summed E-state index contributed by atoms with van der Waals surface area (Å²) in [6, 6.07) is 6.23. The minimum absolute atomic E-state index is 0.0229. The number of nitrogens with zero attached hydrogens (tertiary/aromatic N) is 2. The molecule has 6 nitrogen and oxygen atoms in total. The number of fused-ring (bicyclic) bond motifs is 3. The summed E-state index contributed by atoms with van der Waals surface area (Å²) in [4.78, 5) is 17.9. The van der Waals surface area contributed by atoms with Crippen LogP contribution in [0.1, 0.15) is 44.6 Å². The molecule has 0 aromatic heterocycles. The van der Waals surface area contributed by atoms with Crippen molar-refractivity contribution in [3.63, 3.8) is 0 Å². The zero-order valence-electron chi connectivity index (χ0n) is 19.8. The van der Waals surface area contributed by atoms with Crippen molar-refractivity contribution in [3.05, 3.63) is 35.9 Å². The highest BCUT2D eigenvalue weighted by molar-refractivity contribution is 5.75. The Labute approximate surface area is 196 Å². The standard InChI is InChI=1S/C27H36N2O4/c1-18-4-3-7-27(2)14-25-20(13-22(18)27)21(26(30)33-25)16-29-10-8-28(9-11-29)15-19-5-6-23-24(12-19)32-17-31-23/h5-6,12,20-22,25H,1,3-4,7-11,13-17H2,2H3/t20-,21-,22+,25-,27-/m1/s1. The van der Waals surface area contributed by atoms with Gasteiger partial charge in [-0.05, 0) is 61.1 Å². The van der Waals surface area contributed by atoms with Crippen LogP contribution in [0.5, 0.6) is 11.5 Å². The molecule has 1 aromatic rings. The van der Waals surface area contributed by atoms with Crippen molar-refractivity contribution in [2.45, 2.75) is 51.7 Å². The van der Waals surface area contributed by atoms with E-state index < -0.39 is 0 Å². The summed E-state index contributed by atoms with van der Waals surface area (Å²) in [5, 5.41) is 0. The Morgan fingerprint density at radius 3 is 2.76 bits per heavy atom. The second-order valence-corrected chi connectivity index (χ2v) is 11.2. The van der Waals surface area contributed by atoms with E-state index in [9.17, 15) is 4.79 Å². The Kier molecular flexibility index (Phi) is 5.41. The summed E-state index contributed by atoms with van der Waals surface area (Å²) in [5.74, 6) is 2.67. The Bertz CT molecular complexity index is 940. The molecule has 5 aliphatic rings. The predicted octanol–water partition coefficient (Wildman–Crippen LogP) is 3.85. The average molecular weight is 453 g/mol. The van der Waals surface area contributed by atoms with Crippen LogP contribution in [0.4, 0.5) is 0 Å². The number of carbonyl (C=O) groups excluding carboxylic acids is 1. The van der Waals surface area contributed by atoms with E-state index in [1.54, 1.807) is 0 Å². The lowest BCUT2D eigenvalue weighted by atomic mass is 9.55. The van der Waals surface area contributed by atoms with Crippen LogP contribution in [-0.4, -0.2) is 61.4 Å². The third-order valence-corrected chi connectivity index (χ3v) is 9.08. The van der Waals surface area contributed by atoms with Crippen LogP contribution < -0.4 is 9.47 Å². The SMILES string of the molecule is C=C1CCC[C@]2(C)C[C@H]3OC(=O)[C@H](CN4CCN(Cc5ccc6c(c5)OCO6)CC4)[C@H]3C[C@@H]12. The topological polar surface area (TPSA) is 51.2 Å². The Hall–Kier alpha value is -2.05. The molecule has 3 aliphatic heterocycles. The van der Waals surface area contributed by atoms with E-state index in [1.165, 1.54) is 24.0 Å². The predicted molar refractivity (Wildman–Crippen MR) is 125 cm³/mol. The van der Waals surface area contributed by atoms with E-state index in [0.29, 0.717) is 18.6 Å². The Morgan fingerprint density at radius 2 is 1.91 bits per heavy atom. The van der Waals surface area contributed by atoms with Gasteiger partial charge in [0.05, 0.1) is 5.92 Å². The Morgan fingerprint density at radius 1 is 1.12 bits per heavy atom. The van der Waals surface area contributed by atoms with E-state index in [2.05, 4.69) is 35.4 Å². The summed E-state index contributed by atoms with van der Waals surface area (Å²) in [7, 11) is 0. The van der Waals surface area contributed by atoms with Gasteiger partial charge in [0, 0.05) is 45.2 Å². The van der Waals surface area contributed by atoms with E-state index in [-0.39, 0.29) is 23.4 Å². The fraction of sp³-hybridized carbons (Fsp3) is 0.667. The number of rotatable bonds is 4. The molecule has 2 saturated heterocycles. The molecule has 0 spiro atoms. The fourth-order valence-electron chi connectivity index (χ4n) is 7.17. The highest BCUT2D eigenvalue weighted by Gasteiger charge is 2.55. The monoisotopic (exact) mass is 452 g/mol. The zero-order chi connectivity index (χ0) is 22.6. The van der Waals surface area contributed by atoms with Crippen molar-refractivity contribution < 1.29 is 19.0 Å². The van der Waals surface area contributed by atoms with Crippen LogP contribution in [-0.2, 0) is 16.1 Å². The third-order valence-electron chi connectivity index (χ3n) is 9.08. The van der Waals surface area contributed by atoms with E-state index in [1.807, 2.05) is 6.07 Å². The van der Waals surface area contributed by atoms with Gasteiger partial charge in [0.25, 0.3) is 0 Å². The number of piperazine rings is 1. The fourth-order valence-corrected chi connectivity index (χ4v) is 7.17. The molecule has 6 rings (SSSR count). The molecule has 4 fully saturated rings. The molecule has 2 saturated carbocycles. The van der Waals surface area contributed by atoms with Gasteiger partial charge in [-0.1, -0.05) is 25.1 Å². The summed E-state index contributed by atoms with van der Waals surface area (Å²) in [6.45, 7) is 12.9. The van der Waals surface area contributed by atoms with Gasteiger partial charge in [-0.25, -0.2) is 0 Å². The van der Waals surface area contributed by atoms with Crippen molar-refractivity contribution in [2.75, 3.05) is 39.5 Å². The maximum Gasteiger partial charge on any atom is 0.310 e. The molecule has 0 amide bonds. The van der Waals surface area contributed by atoms with Crippen molar-refractivity contribution in [1.82, 2.24) is 9.80 Å². The second-order valence-electron chi connectivity index (χ2n) is 11.2. The van der Waals surface area contributed by atoms with Gasteiger partial charge in [-0.2, -0.15) is 0 Å². The minimum Gasteiger partial charge on any atom is -0.462 e. The number of allylic oxidation sites excluding steroid dienone is 1. The molecule has 178 valence electrons. The van der Waals surface area contributed by atoms with Gasteiger partial charge in [0.1, 0.15) is 6.10 Å². The summed E-state index contributed by atoms with van der Waals surface area (Å²) < 4.78 is 16.9. The molecular weight excluding hydrogens is 416 g/mol. The summed E-state index contributed by atoms with van der Waals surface area (Å²) >= 11 is 0. The van der Waals surface area contributed by atoms with Gasteiger partial charge < -0.3 is 14.2 Å². The maximum atomic E-state index is 12.9. The number of carbonyl (C=O) groups is 1. The smallest absolute Gasteiger partial charge is 0.310 e. The van der Waals surface area contributed by atoms with Crippen molar-refractivity contribution >= 4 is 5.97 Å². The average Bonchev–Trinajstić information content (AvgIpc) is 3.37. The molecule has 3 heterocycles. The number of hydrogen-bond acceptors (Lipinski definition) is 6. The van der Waals surface area contributed by atoms with Gasteiger partial charge >= 0.3 is 5.97 Å². The number of esters is 1. The molecule has 0 radical (unpaired) electrons. The van der Waals surface area contributed by atoms with Crippen LogP contribution in [0.15, 0.2) is 30.4 Å². The van der Waals surface area contributed by atoms with E-state index >= 15 is 0 Å². The molecule has 2 aliphatic carbocycles. The highest BCUT2D eigenvalue weighted by atomic mass is 16.7. The first-order chi connectivity index (χ1) is 16.0. The van der Waals surface area contributed by atoms with Crippen molar-refractivity contribution in [3.8, 4) is 11.5 Å². The van der Waals surface area contributed by atoms with Crippen LogP contribution in [0.3, 0.4) is 0 Å². The third kappa shape index (κ3) is 3.95. The van der Waals surface area contributed by atoms with E-state index in [0.717, 1.165) is 70.0 Å². The summed E-state index contributed by atoms with van der Waals surface area (Å²) in [5.41, 5.74) is 2.94. The zero-order valence-corrected chi connectivity index (χ0v) is 19.8. The Balaban J connectivity index is 1.05. The van der Waals surface area contributed by atoms with Crippen LogP contribution >= 0.6 is 0 Å². The molecule has 1 aromatic carbocycles. The second kappa shape index (κ2) is 8.31. The van der Waals surface area contributed by atoms with Crippen LogP contribution in [0.25, 0.3) is 0 Å². The van der Waals surface area contributed by atoms with Crippen molar-refractivity contribution in [2.24, 2.45) is 23.2 Å². The first-order valence-electron chi connectivity index (χ1n) is 12.7. The normalized spacial score (nSPS) is 36.4. The van der Waals surface area contributed by atoms with Gasteiger partial charge in [-0.15, -0.1) is 0 Å². The number of ether oxygens (including phenoxy) is 3. The first-order valence-corrected chi connectivity index (χ1v) is 12.7. The largest absolute Gasteiger partial charge is 0.462 e. The minimum atomic E-state index is 0.0229. The van der Waals surface area contributed by atoms with Crippen LogP contribution in [0, 0.1) is 23.2 Å².